The van der Waals surface area contributed by atoms with Crippen molar-refractivity contribution in [2.24, 2.45) is 0 Å². The molecule has 2 aromatic carbocycles. The summed E-state index contributed by atoms with van der Waals surface area (Å²) >= 11 is 0. The van der Waals surface area contributed by atoms with Gasteiger partial charge in [0.05, 0.1) is 4.90 Å². The van der Waals surface area contributed by atoms with Gasteiger partial charge in [-0.3, -0.25) is 4.31 Å². The summed E-state index contributed by atoms with van der Waals surface area (Å²) in [5.41, 5.74) is 2.38. The molecular formula is C18H19NO2S. The summed E-state index contributed by atoms with van der Waals surface area (Å²) in [4.78, 5) is 0.354. The molecule has 0 saturated heterocycles. The Labute approximate surface area is 132 Å². The normalized spacial score (nSPS) is 15.5. The average Bonchev–Trinajstić information content (AvgIpc) is 2.57. The van der Waals surface area contributed by atoms with Crippen molar-refractivity contribution in [3.05, 3.63) is 78.0 Å². The molecule has 0 radical (unpaired) electrons. The summed E-state index contributed by atoms with van der Waals surface area (Å²) in [6, 6.07) is 18.8. The molecule has 0 atom stereocenters. The molecule has 1 aliphatic rings. The summed E-state index contributed by atoms with van der Waals surface area (Å²) < 4.78 is 26.8. The maximum atomic E-state index is 12.7. The van der Waals surface area contributed by atoms with Crippen LogP contribution in [0.15, 0.2) is 77.3 Å². The van der Waals surface area contributed by atoms with E-state index < -0.39 is 10.0 Å². The second-order valence-corrected chi connectivity index (χ2v) is 7.37. The quantitative estimate of drug-likeness (QED) is 0.865. The Hall–Kier alpha value is -2.07. The van der Waals surface area contributed by atoms with E-state index in [1.54, 1.807) is 24.3 Å². The summed E-state index contributed by atoms with van der Waals surface area (Å²) in [6.45, 7) is 0.551. The first-order valence-electron chi connectivity index (χ1n) is 7.47. The fourth-order valence-corrected chi connectivity index (χ4v) is 4.13. The molecule has 22 heavy (non-hydrogen) atoms. The van der Waals surface area contributed by atoms with Crippen LogP contribution in [-0.4, -0.2) is 19.3 Å². The second-order valence-electron chi connectivity index (χ2n) is 5.48. The molecule has 1 heterocycles. The minimum atomic E-state index is -3.43. The van der Waals surface area contributed by atoms with Gasteiger partial charge in [-0.15, -0.1) is 0 Å². The minimum absolute atomic E-state index is 0.354. The third-order valence-electron chi connectivity index (χ3n) is 3.83. The highest BCUT2D eigenvalue weighted by Gasteiger charge is 2.24. The predicted octanol–water partition coefficient (Wildman–Crippen LogP) is 3.60. The van der Waals surface area contributed by atoms with Crippen LogP contribution in [0.5, 0.6) is 0 Å². The van der Waals surface area contributed by atoms with Gasteiger partial charge in [0, 0.05) is 12.7 Å². The number of benzene rings is 2. The third kappa shape index (κ3) is 3.22. The van der Waals surface area contributed by atoms with Crippen LogP contribution in [0.3, 0.4) is 0 Å². The first kappa shape index (κ1) is 14.9. The Bertz CT molecular complexity index is 752. The van der Waals surface area contributed by atoms with Crippen molar-refractivity contribution in [2.75, 3.05) is 6.54 Å². The third-order valence-corrected chi connectivity index (χ3v) is 5.60. The lowest BCUT2D eigenvalue weighted by atomic mass is 10.0. The summed E-state index contributed by atoms with van der Waals surface area (Å²) in [5.74, 6) is 0. The molecule has 0 unspecified atom stereocenters. The van der Waals surface area contributed by atoms with Gasteiger partial charge in [-0.1, -0.05) is 48.5 Å². The molecule has 0 bridgehead atoms. The average molecular weight is 313 g/mol. The molecule has 0 aromatic heterocycles. The van der Waals surface area contributed by atoms with Crippen LogP contribution in [0.4, 0.5) is 0 Å². The zero-order valence-electron chi connectivity index (χ0n) is 12.4. The predicted molar refractivity (Wildman–Crippen MR) is 87.8 cm³/mol. The second kappa shape index (κ2) is 6.36. The number of hydrogen-bond acceptors (Lipinski definition) is 2. The highest BCUT2D eigenvalue weighted by molar-refractivity contribution is 7.89. The van der Waals surface area contributed by atoms with Gasteiger partial charge in [-0.25, -0.2) is 8.42 Å². The van der Waals surface area contributed by atoms with E-state index in [0.717, 1.165) is 24.8 Å². The van der Waals surface area contributed by atoms with Crippen molar-refractivity contribution in [1.82, 2.24) is 4.31 Å². The van der Waals surface area contributed by atoms with Gasteiger partial charge in [-0.2, -0.15) is 0 Å². The lowest BCUT2D eigenvalue weighted by Crippen LogP contribution is -2.30. The number of rotatable bonds is 4. The highest BCUT2D eigenvalue weighted by Crippen LogP contribution is 2.24. The maximum absolute atomic E-state index is 12.7. The maximum Gasteiger partial charge on any atom is 0.263 e. The summed E-state index contributed by atoms with van der Waals surface area (Å²) in [7, 11) is -3.43. The smallest absolute Gasteiger partial charge is 0.263 e. The Balaban J connectivity index is 1.84. The zero-order valence-corrected chi connectivity index (χ0v) is 13.2. The van der Waals surface area contributed by atoms with E-state index in [1.807, 2.05) is 30.5 Å². The number of allylic oxidation sites excluding steroid dienone is 1. The van der Waals surface area contributed by atoms with Crippen LogP contribution in [0.1, 0.15) is 18.4 Å². The molecule has 1 aliphatic heterocycles. The van der Waals surface area contributed by atoms with Crippen LogP contribution in [0, 0.1) is 0 Å². The SMILES string of the molecule is O=S(=O)(c1ccccc1)N1C=C(Cc2ccccc2)CCC1. The standard InChI is InChI=1S/C18H19NO2S/c20-22(21,18-11-5-2-6-12-18)19-13-7-10-17(15-19)14-16-8-3-1-4-9-16/h1-6,8-9,11-12,15H,7,10,13-14H2. The molecule has 4 heteroatoms. The van der Waals surface area contributed by atoms with Gasteiger partial charge in [0.1, 0.15) is 0 Å². The van der Waals surface area contributed by atoms with Crippen molar-refractivity contribution in [2.45, 2.75) is 24.2 Å². The van der Waals surface area contributed by atoms with Gasteiger partial charge in [0.15, 0.2) is 0 Å². The lowest BCUT2D eigenvalue weighted by Gasteiger charge is -2.26. The molecule has 0 fully saturated rings. The largest absolute Gasteiger partial charge is 0.273 e. The van der Waals surface area contributed by atoms with Crippen LogP contribution in [0.25, 0.3) is 0 Å². The molecule has 0 N–H and O–H groups in total. The van der Waals surface area contributed by atoms with Gasteiger partial charge in [-0.05, 0) is 42.5 Å². The zero-order chi connectivity index (χ0) is 15.4. The van der Waals surface area contributed by atoms with Crippen molar-refractivity contribution < 1.29 is 8.42 Å². The van der Waals surface area contributed by atoms with Crippen molar-refractivity contribution in [3.8, 4) is 0 Å². The van der Waals surface area contributed by atoms with E-state index in [0.29, 0.717) is 11.4 Å². The van der Waals surface area contributed by atoms with E-state index in [9.17, 15) is 8.42 Å². The van der Waals surface area contributed by atoms with Crippen LogP contribution < -0.4 is 0 Å². The van der Waals surface area contributed by atoms with Gasteiger partial charge in [0.2, 0.25) is 0 Å². The molecule has 0 amide bonds. The van der Waals surface area contributed by atoms with E-state index in [4.69, 9.17) is 0 Å². The Morgan fingerprint density at radius 2 is 1.55 bits per heavy atom. The monoisotopic (exact) mass is 313 g/mol. The topological polar surface area (TPSA) is 37.4 Å². The first-order chi connectivity index (χ1) is 10.7. The molecule has 3 rings (SSSR count). The van der Waals surface area contributed by atoms with Crippen molar-refractivity contribution in [1.29, 1.82) is 0 Å². The van der Waals surface area contributed by atoms with Gasteiger partial charge in [0.25, 0.3) is 10.0 Å². The molecule has 3 nitrogen and oxygen atoms in total. The molecule has 0 saturated carbocycles. The van der Waals surface area contributed by atoms with Gasteiger partial charge >= 0.3 is 0 Å². The Morgan fingerprint density at radius 3 is 2.23 bits per heavy atom. The van der Waals surface area contributed by atoms with E-state index in [1.165, 1.54) is 9.87 Å². The molecule has 0 aliphatic carbocycles. The van der Waals surface area contributed by atoms with Crippen molar-refractivity contribution >= 4 is 10.0 Å². The van der Waals surface area contributed by atoms with Crippen LogP contribution in [-0.2, 0) is 16.4 Å². The van der Waals surface area contributed by atoms with E-state index in [-0.39, 0.29) is 0 Å². The lowest BCUT2D eigenvalue weighted by molar-refractivity contribution is 0.466. The van der Waals surface area contributed by atoms with Crippen molar-refractivity contribution in [3.63, 3.8) is 0 Å². The number of hydrogen-bond donors (Lipinski definition) is 0. The molecule has 0 spiro atoms. The Morgan fingerprint density at radius 1 is 0.909 bits per heavy atom. The molecule has 114 valence electrons. The van der Waals surface area contributed by atoms with E-state index in [2.05, 4.69) is 12.1 Å². The van der Waals surface area contributed by atoms with E-state index >= 15 is 0 Å². The van der Waals surface area contributed by atoms with Crippen LogP contribution in [0.2, 0.25) is 0 Å². The molecular weight excluding hydrogens is 294 g/mol. The fraction of sp³-hybridized carbons (Fsp3) is 0.222. The Kier molecular flexibility index (Phi) is 4.29. The van der Waals surface area contributed by atoms with Gasteiger partial charge < -0.3 is 0 Å². The molecule has 2 aromatic rings. The highest BCUT2D eigenvalue weighted by atomic mass is 32.2. The summed E-state index contributed by atoms with van der Waals surface area (Å²) in [6.07, 6.45) is 4.45. The minimum Gasteiger partial charge on any atom is -0.273 e. The number of nitrogens with zero attached hydrogens (tertiary/aromatic N) is 1. The fourth-order valence-electron chi connectivity index (χ4n) is 2.70. The number of sulfonamides is 1. The first-order valence-corrected chi connectivity index (χ1v) is 8.91. The van der Waals surface area contributed by atoms with Crippen LogP contribution >= 0.6 is 0 Å². The summed E-state index contributed by atoms with van der Waals surface area (Å²) in [5, 5.41) is 0.